The maximum absolute atomic E-state index is 14.8. The highest BCUT2D eigenvalue weighted by molar-refractivity contribution is 7.47. The van der Waals surface area contributed by atoms with Crippen molar-refractivity contribution in [3.8, 4) is 11.5 Å². The van der Waals surface area contributed by atoms with E-state index in [1.165, 1.54) is 64.4 Å². The van der Waals surface area contributed by atoms with E-state index in [-0.39, 0.29) is 140 Å². The fourth-order valence-electron chi connectivity index (χ4n) is 11.8. The van der Waals surface area contributed by atoms with Gasteiger partial charge in [0, 0.05) is 96.8 Å². The fraction of sp³-hybridized carbons (Fsp3) is 0.339. The molecule has 30 heteroatoms. The lowest BCUT2D eigenvalue weighted by molar-refractivity contribution is -0.151. The predicted octanol–water partition coefficient (Wildman–Crippen LogP) is 6.12. The Labute approximate surface area is 537 Å². The highest BCUT2D eigenvalue weighted by Gasteiger charge is 2.51. The van der Waals surface area contributed by atoms with Crippen molar-refractivity contribution in [2.45, 2.75) is 88.8 Å². The number of primary amides is 1. The highest BCUT2D eigenvalue weighted by Crippen LogP contribution is 2.50. The number of phosphoric acid groups is 2. The lowest BCUT2D eigenvalue weighted by Crippen LogP contribution is -2.59. The van der Waals surface area contributed by atoms with Crippen LogP contribution in [-0.2, 0) is 60.3 Å². The van der Waals surface area contributed by atoms with Crippen molar-refractivity contribution in [3.63, 3.8) is 0 Å². The number of hydrogen-bond donors (Lipinski definition) is 10. The summed E-state index contributed by atoms with van der Waals surface area (Å²) >= 11 is 13.0. The molecule has 4 aliphatic rings. The molecular weight excluding hydrogens is 1280 g/mol. The van der Waals surface area contributed by atoms with Gasteiger partial charge in [-0.05, 0) is 103 Å². The third kappa shape index (κ3) is 15.5. The number of amides is 10. The Morgan fingerprint density at radius 2 is 1.27 bits per heavy atom. The van der Waals surface area contributed by atoms with E-state index in [4.69, 9.17) is 38.0 Å². The maximum atomic E-state index is 14.8. The molecule has 0 spiro atoms. The number of nitrogens with zero attached hydrogens (tertiary/aromatic N) is 3. The first-order valence-electron chi connectivity index (χ1n) is 29.4. The minimum Gasteiger partial charge on any atom is -0.404 e. The first-order valence-corrected chi connectivity index (χ1v) is 33.6. The summed E-state index contributed by atoms with van der Waals surface area (Å²) < 4.78 is 34.5. The minimum atomic E-state index is -5.10. The van der Waals surface area contributed by atoms with Crippen LogP contribution in [-0.4, -0.2) is 134 Å². The first-order chi connectivity index (χ1) is 43.8. The van der Waals surface area contributed by atoms with Crippen LogP contribution in [0.2, 0.25) is 0 Å². The fourth-order valence-corrected chi connectivity index (χ4v) is 13.1. The van der Waals surface area contributed by atoms with Crippen molar-refractivity contribution in [3.05, 3.63) is 126 Å². The zero-order valence-corrected chi connectivity index (χ0v) is 52.7. The van der Waals surface area contributed by atoms with E-state index in [1.807, 2.05) is 0 Å². The molecule has 3 aliphatic heterocycles. The molecule has 3 atom stereocenters. The first kappa shape index (κ1) is 67.9. The van der Waals surface area contributed by atoms with Crippen molar-refractivity contribution in [1.29, 1.82) is 0 Å². The van der Waals surface area contributed by atoms with E-state index < -0.39 is 80.7 Å². The number of alkyl halides is 2. The second-order valence-corrected chi connectivity index (χ2v) is 25.4. The largest absolute Gasteiger partial charge is 0.524 e. The van der Waals surface area contributed by atoms with E-state index >= 15 is 0 Å². The number of anilines is 3. The van der Waals surface area contributed by atoms with Gasteiger partial charge in [0.1, 0.15) is 23.0 Å². The average molecular weight is 1340 g/mol. The Morgan fingerprint density at radius 1 is 0.707 bits per heavy atom. The molecule has 5 aromatic carbocycles. The van der Waals surface area contributed by atoms with Gasteiger partial charge in [-0.3, -0.25) is 62.8 Å². The van der Waals surface area contributed by atoms with Gasteiger partial charge in [0.25, 0.3) is 23.6 Å². The van der Waals surface area contributed by atoms with Crippen molar-refractivity contribution in [2.24, 2.45) is 11.1 Å². The number of fused-ring (bicyclic) bond motifs is 6. The summed E-state index contributed by atoms with van der Waals surface area (Å²) in [6.45, 7) is 4.30. The Balaban J connectivity index is 0.942. The number of urea groups is 1. The molecule has 0 unspecified atom stereocenters. The number of carbonyl (C=O) groups excluding carboxylic acids is 9. The number of halogens is 2. The Bertz CT molecular complexity index is 3960. The maximum Gasteiger partial charge on any atom is 0.524 e. The molecule has 10 amide bonds. The van der Waals surface area contributed by atoms with Gasteiger partial charge < -0.3 is 51.2 Å². The van der Waals surface area contributed by atoms with Crippen LogP contribution >= 0.6 is 38.8 Å². The van der Waals surface area contributed by atoms with Crippen LogP contribution in [0.15, 0.2) is 104 Å². The lowest BCUT2D eigenvalue weighted by atomic mass is 9.67. The summed E-state index contributed by atoms with van der Waals surface area (Å²) in [7, 11) is -10.2. The van der Waals surface area contributed by atoms with Gasteiger partial charge in [0.2, 0.25) is 23.6 Å². The Morgan fingerprint density at radius 3 is 1.83 bits per heavy atom. The van der Waals surface area contributed by atoms with E-state index in [1.54, 1.807) is 48.5 Å². The number of phosphoric ester groups is 2. The van der Waals surface area contributed by atoms with Gasteiger partial charge in [0.05, 0.1) is 23.5 Å². The Hall–Kier alpha value is -8.45. The van der Waals surface area contributed by atoms with Crippen molar-refractivity contribution < 1.29 is 80.9 Å². The van der Waals surface area contributed by atoms with Crippen LogP contribution in [0.5, 0.6) is 11.5 Å². The van der Waals surface area contributed by atoms with E-state index in [0.717, 1.165) is 4.90 Å². The van der Waals surface area contributed by atoms with Gasteiger partial charge in [-0.25, -0.2) is 13.9 Å². The van der Waals surface area contributed by atoms with Crippen LogP contribution < -0.4 is 51.2 Å². The normalized spacial score (nSPS) is 16.9. The number of imide groups is 1. The monoisotopic (exact) mass is 1340 g/mol. The molecule has 9 rings (SSSR count). The third-order valence-electron chi connectivity index (χ3n) is 16.5. The summed E-state index contributed by atoms with van der Waals surface area (Å²) in [4.78, 5) is 164. The molecule has 26 nitrogen and oxygen atoms in total. The molecule has 92 heavy (non-hydrogen) atoms. The van der Waals surface area contributed by atoms with Crippen LogP contribution in [0.4, 0.5) is 21.9 Å². The summed E-state index contributed by atoms with van der Waals surface area (Å²) in [5, 5.41) is 15.3. The third-order valence-corrected chi connectivity index (χ3v) is 18.0. The molecular formula is C62H67Cl2N9O17P2. The van der Waals surface area contributed by atoms with Gasteiger partial charge in [0.15, 0.2) is 0 Å². The SMILES string of the molecule is C=C(C(=O)N1c2cc(OP(=O)(O)O)c3ccccc3c2C[C@H]1CCl)c1ccc(/C=C/C(=O)N2c3cc(OP(=O)(O)O)c4ccccc4c3C[C@H]2CCl)c(NC(=O)CCNC(=O)[C@H](CCCNC(N)=O)NC(=O)C2(C(=O)NCCCCCN3C(=O)C=CC3=O)CCC2)c1. The molecule has 0 saturated heterocycles. The molecule has 3 heterocycles. The molecule has 486 valence electrons. The Kier molecular flexibility index (Phi) is 21.4. The zero-order valence-electron chi connectivity index (χ0n) is 49.4. The van der Waals surface area contributed by atoms with Gasteiger partial charge in [-0.15, -0.1) is 23.2 Å². The second-order valence-electron chi connectivity index (χ2n) is 22.5. The predicted molar refractivity (Wildman–Crippen MR) is 343 cm³/mol. The number of nitrogens with two attached hydrogens (primary N) is 1. The van der Waals surface area contributed by atoms with Crippen molar-refractivity contribution >= 4 is 142 Å². The summed E-state index contributed by atoms with van der Waals surface area (Å²) in [5.74, 6) is -5.19. The van der Waals surface area contributed by atoms with E-state index in [2.05, 4.69) is 33.2 Å². The summed E-state index contributed by atoms with van der Waals surface area (Å²) in [6, 6.07) is 17.3. The van der Waals surface area contributed by atoms with Gasteiger partial charge in [-0.2, -0.15) is 0 Å². The molecule has 1 saturated carbocycles. The number of rotatable bonds is 28. The average Bonchev–Trinajstić information content (AvgIpc) is 1.54. The minimum absolute atomic E-state index is 0.0235. The molecule has 11 N–H and O–H groups in total. The topological polar surface area (TPSA) is 383 Å². The molecule has 0 bridgehead atoms. The molecule has 0 aromatic heterocycles. The van der Waals surface area contributed by atoms with Gasteiger partial charge >= 0.3 is 21.7 Å². The number of nitrogens with one attached hydrogen (secondary N) is 5. The van der Waals surface area contributed by atoms with Crippen LogP contribution in [0.3, 0.4) is 0 Å². The summed E-state index contributed by atoms with van der Waals surface area (Å²) in [6.07, 6.45) is 7.79. The summed E-state index contributed by atoms with van der Waals surface area (Å²) in [5.41, 5.74) is 5.94. The molecule has 0 radical (unpaired) electrons. The number of benzene rings is 5. The number of unbranched alkanes of at least 4 members (excludes halogenated alkanes) is 2. The molecule has 1 fully saturated rings. The van der Waals surface area contributed by atoms with Crippen molar-refractivity contribution in [2.75, 3.05) is 53.1 Å². The zero-order chi connectivity index (χ0) is 66.2. The smallest absolute Gasteiger partial charge is 0.404 e. The van der Waals surface area contributed by atoms with Gasteiger partial charge in [-0.1, -0.05) is 73.7 Å². The lowest BCUT2D eigenvalue weighted by Gasteiger charge is -2.39. The number of hydrogen-bond acceptors (Lipinski definition) is 13. The van der Waals surface area contributed by atoms with E-state index in [0.29, 0.717) is 58.4 Å². The second kappa shape index (κ2) is 29.0. The van der Waals surface area contributed by atoms with Crippen LogP contribution in [0.25, 0.3) is 33.2 Å². The van der Waals surface area contributed by atoms with E-state index in [9.17, 15) is 71.9 Å². The van der Waals surface area contributed by atoms with Crippen LogP contribution in [0, 0.1) is 5.41 Å². The van der Waals surface area contributed by atoms with Crippen molar-refractivity contribution in [1.82, 2.24) is 26.2 Å². The quantitative estimate of drug-likeness (QED) is 0.00673. The highest BCUT2D eigenvalue weighted by atomic mass is 35.5. The standard InChI is InChI=1S/C62H67Cl2N9O17P2/c1-36(58(79)73-40(35-64)31-46-42-12-4-6-14-44(42)52(33-50(46)73)90-92(86,87)88)38-17-16-37(18-19-56(77)72-39(34-63)30-45-41-11-3-5-13-43(41)51(32-49(45)72)89-91(83,84)85)48(29-38)69-53(74)22-27-66-57(78)47(15-9-26-68-61(65)82)70-60(81)62(23-10-24-62)59(80)67-25-7-2-8-28-71-54(75)20-21-55(71)76/h3-6,11-14,16-21,29,32-33,39-40,47H,1-2,7-10,15,22-28,30-31,34-35H2,(H,66,78)(H,67,80)(H,69,74)(H,70,81)(H3,65,68,82)(H2,83,84,85)(H2,86,87,88)/b19-18+/t39-,40-,47-/m0/s1. The molecule has 1 aliphatic carbocycles. The molecule has 5 aromatic rings. The van der Waals surface area contributed by atoms with Crippen LogP contribution in [0.1, 0.15) is 80.0 Å². The number of carbonyl (C=O) groups is 9.